The van der Waals surface area contributed by atoms with Gasteiger partial charge in [0.05, 0.1) is 6.04 Å². The molecule has 0 aliphatic carbocycles. The van der Waals surface area contributed by atoms with Crippen LogP contribution in [0.3, 0.4) is 0 Å². The van der Waals surface area contributed by atoms with Gasteiger partial charge in [-0.05, 0) is 60.1 Å². The maximum Gasteiger partial charge on any atom is 0.243 e. The van der Waals surface area contributed by atoms with Crippen molar-refractivity contribution < 1.29 is 9.59 Å². The molecular weight excluding hydrogens is 448 g/mol. The zero-order valence-corrected chi connectivity index (χ0v) is 21.1. The van der Waals surface area contributed by atoms with E-state index in [1.807, 2.05) is 74.5 Å². The van der Waals surface area contributed by atoms with E-state index in [4.69, 9.17) is 11.5 Å². The van der Waals surface area contributed by atoms with Crippen molar-refractivity contribution >= 4 is 11.8 Å². The van der Waals surface area contributed by atoms with E-state index in [2.05, 4.69) is 17.4 Å². The number of hydrogen-bond donors (Lipinski definition) is 3. The Balaban J connectivity index is 1.50. The summed E-state index contributed by atoms with van der Waals surface area (Å²) in [5.74, 6) is -0.621. The highest BCUT2D eigenvalue weighted by Crippen LogP contribution is 2.30. The summed E-state index contributed by atoms with van der Waals surface area (Å²) >= 11 is 0. The van der Waals surface area contributed by atoms with Gasteiger partial charge in [-0.15, -0.1) is 0 Å². The van der Waals surface area contributed by atoms with Crippen LogP contribution in [-0.4, -0.2) is 35.3 Å². The van der Waals surface area contributed by atoms with Gasteiger partial charge in [0.15, 0.2) is 0 Å². The molecule has 6 nitrogen and oxygen atoms in total. The number of nitrogens with zero attached hydrogens (tertiary/aromatic N) is 1. The standard InChI is InChI=1S/C30H36N4O2/c1-20-17-25(21(2)16-24(20)18-31)19-33-29(35)26-14-9-15-34(26)30(36)28(32)27(22-10-5-3-6-11-22)23-12-7-4-8-13-23/h3-8,10-13,16-17,26-28H,9,14-15,18-19,31-32H2,1-2H3,(H,33,35)/t26-,28?/m0/s1. The van der Waals surface area contributed by atoms with Gasteiger partial charge in [-0.25, -0.2) is 0 Å². The summed E-state index contributed by atoms with van der Waals surface area (Å²) in [5.41, 5.74) is 18.8. The Morgan fingerprint density at radius 3 is 2.08 bits per heavy atom. The molecule has 6 heteroatoms. The number of carbonyl (C=O) groups is 2. The maximum atomic E-state index is 13.7. The highest BCUT2D eigenvalue weighted by Gasteiger charge is 2.39. The molecule has 1 aliphatic rings. The molecule has 1 aliphatic heterocycles. The third-order valence-corrected chi connectivity index (χ3v) is 7.27. The van der Waals surface area contributed by atoms with E-state index in [0.717, 1.165) is 39.8 Å². The second-order valence-corrected chi connectivity index (χ2v) is 9.64. The topological polar surface area (TPSA) is 101 Å². The van der Waals surface area contributed by atoms with Gasteiger partial charge in [-0.1, -0.05) is 72.8 Å². The molecule has 1 heterocycles. The van der Waals surface area contributed by atoms with Gasteiger partial charge in [-0.3, -0.25) is 9.59 Å². The molecule has 0 radical (unpaired) electrons. The fourth-order valence-electron chi connectivity index (χ4n) is 5.21. The van der Waals surface area contributed by atoms with Crippen molar-refractivity contribution in [3.05, 3.63) is 106 Å². The minimum atomic E-state index is -0.795. The van der Waals surface area contributed by atoms with E-state index in [0.29, 0.717) is 26.1 Å². The predicted molar refractivity (Wildman–Crippen MR) is 143 cm³/mol. The number of nitrogens with two attached hydrogens (primary N) is 2. The number of rotatable bonds is 8. The second kappa shape index (κ2) is 11.5. The first-order valence-electron chi connectivity index (χ1n) is 12.6. The van der Waals surface area contributed by atoms with Crippen LogP contribution in [0.2, 0.25) is 0 Å². The third kappa shape index (κ3) is 5.50. The van der Waals surface area contributed by atoms with E-state index in [9.17, 15) is 9.59 Å². The van der Waals surface area contributed by atoms with Crippen molar-refractivity contribution in [1.29, 1.82) is 0 Å². The monoisotopic (exact) mass is 484 g/mol. The van der Waals surface area contributed by atoms with Crippen molar-refractivity contribution in [3.63, 3.8) is 0 Å². The van der Waals surface area contributed by atoms with Crippen LogP contribution in [0.25, 0.3) is 0 Å². The van der Waals surface area contributed by atoms with Gasteiger partial charge in [0.1, 0.15) is 6.04 Å². The average molecular weight is 485 g/mol. The number of carbonyl (C=O) groups excluding carboxylic acids is 2. The normalized spacial score (nSPS) is 16.2. The Morgan fingerprint density at radius 1 is 0.944 bits per heavy atom. The summed E-state index contributed by atoms with van der Waals surface area (Å²) in [4.78, 5) is 28.6. The van der Waals surface area contributed by atoms with Crippen molar-refractivity contribution in [2.75, 3.05) is 6.54 Å². The van der Waals surface area contributed by atoms with E-state index < -0.39 is 12.1 Å². The lowest BCUT2D eigenvalue weighted by molar-refractivity contribution is -0.139. The number of aryl methyl sites for hydroxylation is 2. The molecule has 5 N–H and O–H groups in total. The van der Waals surface area contributed by atoms with E-state index in [1.54, 1.807) is 4.90 Å². The summed E-state index contributed by atoms with van der Waals surface area (Å²) < 4.78 is 0. The van der Waals surface area contributed by atoms with Gasteiger partial charge < -0.3 is 21.7 Å². The number of nitrogens with one attached hydrogen (secondary N) is 1. The van der Waals surface area contributed by atoms with Crippen LogP contribution in [-0.2, 0) is 22.7 Å². The molecule has 2 atom stereocenters. The Bertz CT molecular complexity index is 1160. The van der Waals surface area contributed by atoms with Gasteiger partial charge in [0.2, 0.25) is 11.8 Å². The van der Waals surface area contributed by atoms with Crippen LogP contribution >= 0.6 is 0 Å². The molecular formula is C30H36N4O2. The third-order valence-electron chi connectivity index (χ3n) is 7.27. The number of benzene rings is 3. The summed E-state index contributed by atoms with van der Waals surface area (Å²) in [6.07, 6.45) is 1.41. The first-order chi connectivity index (χ1) is 17.4. The molecule has 0 bridgehead atoms. The molecule has 3 aromatic carbocycles. The minimum absolute atomic E-state index is 0.135. The zero-order chi connectivity index (χ0) is 25.7. The lowest BCUT2D eigenvalue weighted by atomic mass is 9.84. The van der Waals surface area contributed by atoms with Crippen LogP contribution in [0.15, 0.2) is 72.8 Å². The highest BCUT2D eigenvalue weighted by molar-refractivity contribution is 5.91. The Hall–Kier alpha value is -3.48. The van der Waals surface area contributed by atoms with Crippen LogP contribution in [0.4, 0.5) is 0 Å². The van der Waals surface area contributed by atoms with Gasteiger partial charge in [0.25, 0.3) is 0 Å². The molecule has 1 saturated heterocycles. The molecule has 1 fully saturated rings. The fraction of sp³-hybridized carbons (Fsp3) is 0.333. The molecule has 0 spiro atoms. The Morgan fingerprint density at radius 2 is 1.50 bits per heavy atom. The van der Waals surface area contributed by atoms with Crippen LogP contribution < -0.4 is 16.8 Å². The van der Waals surface area contributed by atoms with Crippen molar-refractivity contribution in [2.24, 2.45) is 11.5 Å². The molecule has 188 valence electrons. The first kappa shape index (κ1) is 25.6. The van der Waals surface area contributed by atoms with Gasteiger partial charge in [0, 0.05) is 25.6 Å². The van der Waals surface area contributed by atoms with Crippen LogP contribution in [0.5, 0.6) is 0 Å². The van der Waals surface area contributed by atoms with Crippen molar-refractivity contribution in [3.8, 4) is 0 Å². The van der Waals surface area contributed by atoms with Gasteiger partial charge >= 0.3 is 0 Å². The SMILES string of the molecule is Cc1cc(CNC(=O)[C@@H]2CCCN2C(=O)C(N)C(c2ccccc2)c2ccccc2)c(C)cc1CN. The molecule has 1 unspecified atom stereocenters. The van der Waals surface area contributed by atoms with Crippen LogP contribution in [0.1, 0.15) is 52.1 Å². The minimum Gasteiger partial charge on any atom is -0.350 e. The molecule has 0 aromatic heterocycles. The second-order valence-electron chi connectivity index (χ2n) is 9.64. The molecule has 36 heavy (non-hydrogen) atoms. The van der Waals surface area contributed by atoms with Crippen molar-refractivity contribution in [2.45, 2.75) is 57.8 Å². The summed E-state index contributed by atoms with van der Waals surface area (Å²) in [6.45, 7) is 5.49. The van der Waals surface area contributed by atoms with Crippen molar-refractivity contribution in [1.82, 2.24) is 10.2 Å². The van der Waals surface area contributed by atoms with E-state index >= 15 is 0 Å². The lowest BCUT2D eigenvalue weighted by Crippen LogP contribution is -2.52. The lowest BCUT2D eigenvalue weighted by Gasteiger charge is -2.31. The van der Waals surface area contributed by atoms with Gasteiger partial charge in [-0.2, -0.15) is 0 Å². The summed E-state index contributed by atoms with van der Waals surface area (Å²) in [7, 11) is 0. The zero-order valence-electron chi connectivity index (χ0n) is 21.1. The molecule has 3 aromatic rings. The molecule has 2 amide bonds. The maximum absolute atomic E-state index is 13.7. The largest absolute Gasteiger partial charge is 0.350 e. The van der Waals surface area contributed by atoms with E-state index in [-0.39, 0.29) is 17.7 Å². The molecule has 0 saturated carbocycles. The highest BCUT2D eigenvalue weighted by atomic mass is 16.2. The fourth-order valence-corrected chi connectivity index (χ4v) is 5.21. The average Bonchev–Trinajstić information content (AvgIpc) is 3.40. The quantitative estimate of drug-likeness (QED) is 0.455. The number of amides is 2. The Labute approximate surface area is 213 Å². The Kier molecular flexibility index (Phi) is 8.18. The predicted octanol–water partition coefficient (Wildman–Crippen LogP) is 3.53. The molecule has 4 rings (SSSR count). The van der Waals surface area contributed by atoms with E-state index in [1.165, 1.54) is 0 Å². The summed E-state index contributed by atoms with van der Waals surface area (Å²) in [6, 6.07) is 22.6. The number of likely N-dealkylation sites (tertiary alicyclic amines) is 1. The smallest absolute Gasteiger partial charge is 0.243 e. The van der Waals surface area contributed by atoms with Crippen LogP contribution in [0, 0.1) is 13.8 Å². The number of hydrogen-bond acceptors (Lipinski definition) is 4. The summed E-state index contributed by atoms with van der Waals surface area (Å²) in [5, 5.41) is 3.06. The first-order valence-corrected chi connectivity index (χ1v) is 12.6.